The summed E-state index contributed by atoms with van der Waals surface area (Å²) in [6, 6.07) is 22.1. The van der Waals surface area contributed by atoms with Crippen molar-refractivity contribution in [1.29, 1.82) is 0 Å². The maximum atomic E-state index is 13.3. The van der Waals surface area contributed by atoms with Gasteiger partial charge in [0.25, 0.3) is 5.91 Å². The lowest BCUT2D eigenvalue weighted by Crippen LogP contribution is -2.54. The lowest BCUT2D eigenvalue weighted by atomic mass is 10.0. The van der Waals surface area contributed by atoms with E-state index in [1.165, 1.54) is 11.1 Å². The third-order valence-corrected chi connectivity index (χ3v) is 6.86. The van der Waals surface area contributed by atoms with Gasteiger partial charge in [0, 0.05) is 26.2 Å². The average Bonchev–Trinajstić information content (AvgIpc) is 3.29. The molecule has 1 saturated heterocycles. The number of fused-ring (bicyclic) bond motifs is 1. The summed E-state index contributed by atoms with van der Waals surface area (Å²) in [4.78, 5) is 20.0. The van der Waals surface area contributed by atoms with Gasteiger partial charge in [-0.1, -0.05) is 42.5 Å². The van der Waals surface area contributed by atoms with Crippen LogP contribution in [-0.4, -0.2) is 62.3 Å². The maximum Gasteiger partial charge on any atom is 0.253 e. The minimum atomic E-state index is -0.0399. The molecule has 0 radical (unpaired) electrons. The van der Waals surface area contributed by atoms with E-state index in [9.17, 15) is 9.90 Å². The molecule has 2 aliphatic heterocycles. The summed E-state index contributed by atoms with van der Waals surface area (Å²) in [6.07, 6.45) is 0.0752. The number of benzene rings is 3. The molecule has 3 aromatic rings. The molecule has 3 aromatic carbocycles. The van der Waals surface area contributed by atoms with Gasteiger partial charge in [-0.15, -0.1) is 0 Å². The van der Waals surface area contributed by atoms with E-state index in [0.717, 1.165) is 55.4 Å². The van der Waals surface area contributed by atoms with Crippen molar-refractivity contribution in [3.05, 3.63) is 89.0 Å². The van der Waals surface area contributed by atoms with Crippen LogP contribution in [0.5, 0.6) is 5.75 Å². The first-order chi connectivity index (χ1) is 17.5. The largest absolute Gasteiger partial charge is 0.487 e. The number of carbonyl (C=O) groups excluding carboxylic acids is 1. The van der Waals surface area contributed by atoms with Gasteiger partial charge in [-0.3, -0.25) is 4.79 Å². The molecule has 36 heavy (non-hydrogen) atoms. The van der Waals surface area contributed by atoms with Gasteiger partial charge in [-0.2, -0.15) is 0 Å². The number of likely N-dealkylation sites (N-methyl/N-ethyl adjacent to an activating group) is 1. The molecule has 1 amide bonds. The molecule has 2 N–H and O–H groups in total. The van der Waals surface area contributed by atoms with Gasteiger partial charge in [-0.05, 0) is 55.1 Å². The third-order valence-electron chi connectivity index (χ3n) is 6.86. The smallest absolute Gasteiger partial charge is 0.253 e. The van der Waals surface area contributed by atoms with Crippen molar-refractivity contribution in [2.45, 2.75) is 25.8 Å². The zero-order valence-corrected chi connectivity index (χ0v) is 21.0. The van der Waals surface area contributed by atoms with E-state index >= 15 is 0 Å². The standard InChI is InChI=1S/C29H34N4O3/c1-31(2)15-14-30-29(35)26-8-5-9-27(28(26)33-16-22-6-3-4-7-23(22)17-33)32-18-25(19-32)36-24-12-10-21(20-34)11-13-24/h3-13,25,34H,14-20H2,1-2H3,(H,30,35). The molecule has 0 aliphatic carbocycles. The zero-order valence-electron chi connectivity index (χ0n) is 21.0. The summed E-state index contributed by atoms with van der Waals surface area (Å²) >= 11 is 0. The molecular weight excluding hydrogens is 452 g/mol. The average molecular weight is 487 g/mol. The van der Waals surface area contributed by atoms with E-state index in [0.29, 0.717) is 12.1 Å². The number of ether oxygens (including phenoxy) is 1. The van der Waals surface area contributed by atoms with Crippen LogP contribution in [0.3, 0.4) is 0 Å². The number of carbonyl (C=O) groups is 1. The quantitative estimate of drug-likeness (QED) is 0.484. The zero-order chi connectivity index (χ0) is 25.1. The Bertz CT molecular complexity index is 1180. The van der Waals surface area contributed by atoms with Crippen molar-refractivity contribution in [1.82, 2.24) is 10.2 Å². The fraction of sp³-hybridized carbons (Fsp3) is 0.345. The van der Waals surface area contributed by atoms with E-state index in [-0.39, 0.29) is 18.6 Å². The van der Waals surface area contributed by atoms with Gasteiger partial charge in [-0.25, -0.2) is 0 Å². The molecule has 0 bridgehead atoms. The Kier molecular flexibility index (Phi) is 7.11. The maximum absolute atomic E-state index is 13.3. The molecular formula is C29H34N4O3. The highest BCUT2D eigenvalue weighted by molar-refractivity contribution is 6.03. The Balaban J connectivity index is 1.35. The summed E-state index contributed by atoms with van der Waals surface area (Å²) in [5.41, 5.74) is 6.25. The Morgan fingerprint density at radius 3 is 2.31 bits per heavy atom. The van der Waals surface area contributed by atoms with E-state index in [1.807, 2.05) is 50.5 Å². The van der Waals surface area contributed by atoms with Crippen LogP contribution < -0.4 is 19.9 Å². The number of nitrogens with zero attached hydrogens (tertiary/aromatic N) is 3. The fourth-order valence-corrected chi connectivity index (χ4v) is 4.86. The lowest BCUT2D eigenvalue weighted by Gasteiger charge is -2.42. The molecule has 0 aromatic heterocycles. The molecule has 0 atom stereocenters. The minimum absolute atomic E-state index is 0.0275. The van der Waals surface area contributed by atoms with Gasteiger partial charge >= 0.3 is 0 Å². The molecule has 0 spiro atoms. The number of amides is 1. The van der Waals surface area contributed by atoms with Crippen LogP contribution in [-0.2, 0) is 19.7 Å². The second kappa shape index (κ2) is 10.6. The highest BCUT2D eigenvalue weighted by atomic mass is 16.5. The third kappa shape index (κ3) is 5.17. The van der Waals surface area contributed by atoms with Crippen molar-refractivity contribution >= 4 is 17.3 Å². The Hall–Kier alpha value is -3.55. The van der Waals surface area contributed by atoms with Crippen molar-refractivity contribution in [2.24, 2.45) is 0 Å². The van der Waals surface area contributed by atoms with Crippen molar-refractivity contribution in [3.63, 3.8) is 0 Å². The van der Waals surface area contributed by atoms with Crippen LogP contribution in [0, 0.1) is 0 Å². The Morgan fingerprint density at radius 1 is 0.972 bits per heavy atom. The molecule has 2 aliphatic rings. The van der Waals surface area contributed by atoms with Crippen LogP contribution in [0.1, 0.15) is 27.0 Å². The molecule has 7 heteroatoms. The van der Waals surface area contributed by atoms with Gasteiger partial charge < -0.3 is 29.9 Å². The normalized spacial score (nSPS) is 15.1. The number of nitrogens with one attached hydrogen (secondary N) is 1. The number of rotatable bonds is 9. The first kappa shape index (κ1) is 24.2. The molecule has 1 fully saturated rings. The molecule has 0 unspecified atom stereocenters. The first-order valence-corrected chi connectivity index (χ1v) is 12.5. The molecule has 0 saturated carbocycles. The predicted molar refractivity (Wildman–Crippen MR) is 143 cm³/mol. The summed E-state index contributed by atoms with van der Waals surface area (Å²) in [5, 5.41) is 12.4. The molecule has 188 valence electrons. The van der Waals surface area contributed by atoms with Crippen molar-refractivity contribution < 1.29 is 14.6 Å². The van der Waals surface area contributed by atoms with Gasteiger partial charge in [0.1, 0.15) is 11.9 Å². The van der Waals surface area contributed by atoms with Crippen LogP contribution in [0.2, 0.25) is 0 Å². The fourth-order valence-electron chi connectivity index (χ4n) is 4.86. The Morgan fingerprint density at radius 2 is 1.67 bits per heavy atom. The predicted octanol–water partition coefficient (Wildman–Crippen LogP) is 3.26. The highest BCUT2D eigenvalue weighted by Crippen LogP contribution is 2.40. The lowest BCUT2D eigenvalue weighted by molar-refractivity contribution is 0.0951. The summed E-state index contributed by atoms with van der Waals surface area (Å²) < 4.78 is 6.15. The number of hydrogen-bond donors (Lipinski definition) is 2. The Labute approximate surface area is 212 Å². The van der Waals surface area contributed by atoms with Crippen LogP contribution in [0.4, 0.5) is 11.4 Å². The second-order valence-electron chi connectivity index (χ2n) is 9.80. The van der Waals surface area contributed by atoms with Crippen molar-refractivity contribution in [3.8, 4) is 5.75 Å². The number of hydrogen-bond acceptors (Lipinski definition) is 6. The molecule has 5 rings (SSSR count). The number of anilines is 2. The monoisotopic (exact) mass is 486 g/mol. The van der Waals surface area contributed by atoms with E-state index in [1.54, 1.807) is 0 Å². The van der Waals surface area contributed by atoms with E-state index in [2.05, 4.69) is 50.3 Å². The summed E-state index contributed by atoms with van der Waals surface area (Å²) in [6.45, 7) is 4.50. The van der Waals surface area contributed by atoms with Gasteiger partial charge in [0.15, 0.2) is 0 Å². The van der Waals surface area contributed by atoms with Gasteiger partial charge in [0.2, 0.25) is 0 Å². The van der Waals surface area contributed by atoms with Crippen molar-refractivity contribution in [2.75, 3.05) is 50.1 Å². The minimum Gasteiger partial charge on any atom is -0.487 e. The number of para-hydroxylation sites is 1. The van der Waals surface area contributed by atoms with Gasteiger partial charge in [0.05, 0.1) is 36.6 Å². The topological polar surface area (TPSA) is 68.3 Å². The number of aliphatic hydroxyl groups is 1. The number of aliphatic hydroxyl groups excluding tert-OH is 1. The summed E-state index contributed by atoms with van der Waals surface area (Å²) in [7, 11) is 4.01. The first-order valence-electron chi connectivity index (χ1n) is 12.5. The molecule has 2 heterocycles. The summed E-state index contributed by atoms with van der Waals surface area (Å²) in [5.74, 6) is 0.767. The van der Waals surface area contributed by atoms with E-state index < -0.39 is 0 Å². The second-order valence-corrected chi connectivity index (χ2v) is 9.80. The van der Waals surface area contributed by atoms with Crippen LogP contribution in [0.25, 0.3) is 0 Å². The van der Waals surface area contributed by atoms with Crippen LogP contribution in [0.15, 0.2) is 66.7 Å². The van der Waals surface area contributed by atoms with Crippen LogP contribution >= 0.6 is 0 Å². The van der Waals surface area contributed by atoms with E-state index in [4.69, 9.17) is 4.74 Å². The SMILES string of the molecule is CN(C)CCNC(=O)c1cccc(N2CC(Oc3ccc(CO)cc3)C2)c1N1Cc2ccccc2C1. The highest BCUT2D eigenvalue weighted by Gasteiger charge is 2.34. The molecule has 7 nitrogen and oxygen atoms in total.